The number of carbonyl (C=O) groups is 2. The average Bonchev–Trinajstić information content (AvgIpc) is 3.11. The second-order valence-electron chi connectivity index (χ2n) is 6.29. The van der Waals surface area contributed by atoms with Crippen LogP contribution in [0.1, 0.15) is 37.0 Å². The van der Waals surface area contributed by atoms with Gasteiger partial charge in [0.25, 0.3) is 0 Å². The monoisotopic (exact) mass is 401 g/mol. The zero-order chi connectivity index (χ0) is 20.5. The van der Waals surface area contributed by atoms with E-state index in [1.54, 1.807) is 29.2 Å². The second kappa shape index (κ2) is 10.6. The highest BCUT2D eigenvalue weighted by Gasteiger charge is 2.18. The Morgan fingerprint density at radius 1 is 1.32 bits per heavy atom. The number of amides is 2. The highest BCUT2D eigenvalue weighted by molar-refractivity contribution is 7.09. The molecule has 1 heterocycles. The van der Waals surface area contributed by atoms with E-state index in [-0.39, 0.29) is 11.8 Å². The summed E-state index contributed by atoms with van der Waals surface area (Å²) in [6.45, 7) is 9.14. The van der Waals surface area contributed by atoms with Gasteiger partial charge in [0.1, 0.15) is 18.4 Å². The highest BCUT2D eigenvalue weighted by atomic mass is 32.1. The summed E-state index contributed by atoms with van der Waals surface area (Å²) in [6.07, 6.45) is 3.12. The lowest BCUT2D eigenvalue weighted by atomic mass is 10.2. The van der Waals surface area contributed by atoms with Crippen molar-refractivity contribution in [2.75, 3.05) is 13.1 Å². The number of aryl methyl sites for hydroxylation is 1. The molecule has 0 aliphatic rings. The Morgan fingerprint density at radius 3 is 2.71 bits per heavy atom. The van der Waals surface area contributed by atoms with Crippen molar-refractivity contribution < 1.29 is 14.3 Å². The Hall–Kier alpha value is -2.67. The van der Waals surface area contributed by atoms with Gasteiger partial charge in [-0.1, -0.05) is 12.1 Å². The molecule has 0 fully saturated rings. The molecule has 28 heavy (non-hydrogen) atoms. The molecular formula is C21H27N3O3S. The van der Waals surface area contributed by atoms with Gasteiger partial charge in [0, 0.05) is 24.5 Å². The first-order valence-corrected chi connectivity index (χ1v) is 10.2. The standard InChI is InChI=1S/C21H27N3O3S/c1-5-24(6-2)21(26)15(3)22-20(25)11-10-17-8-7-9-19(12-17)27-13-18-14-28-16(4)23-18/h7-12,14-15H,5-6,13H2,1-4H3,(H,22,25)/b11-10+/t15-/m0/s1. The van der Waals surface area contributed by atoms with Crippen LogP contribution >= 0.6 is 11.3 Å². The van der Waals surface area contributed by atoms with E-state index >= 15 is 0 Å². The molecule has 7 heteroatoms. The lowest BCUT2D eigenvalue weighted by Gasteiger charge is -2.23. The van der Waals surface area contributed by atoms with Crippen LogP contribution < -0.4 is 10.1 Å². The zero-order valence-corrected chi connectivity index (χ0v) is 17.6. The molecule has 0 unspecified atom stereocenters. The molecule has 0 saturated heterocycles. The normalized spacial score (nSPS) is 12.0. The smallest absolute Gasteiger partial charge is 0.244 e. The molecule has 150 valence electrons. The van der Waals surface area contributed by atoms with Crippen LogP contribution in [0.25, 0.3) is 6.08 Å². The maximum atomic E-state index is 12.2. The topological polar surface area (TPSA) is 71.5 Å². The number of carbonyl (C=O) groups excluding carboxylic acids is 2. The summed E-state index contributed by atoms with van der Waals surface area (Å²) >= 11 is 1.59. The third-order valence-corrected chi connectivity index (χ3v) is 4.97. The summed E-state index contributed by atoms with van der Waals surface area (Å²) in [7, 11) is 0. The highest BCUT2D eigenvalue weighted by Crippen LogP contribution is 2.17. The fourth-order valence-corrected chi connectivity index (χ4v) is 3.24. The van der Waals surface area contributed by atoms with E-state index in [1.807, 2.05) is 50.4 Å². The number of aromatic nitrogens is 1. The molecule has 0 saturated carbocycles. The average molecular weight is 402 g/mol. The van der Waals surface area contributed by atoms with Crippen LogP contribution in [0, 0.1) is 6.92 Å². The molecule has 0 aliphatic heterocycles. The minimum Gasteiger partial charge on any atom is -0.487 e. The van der Waals surface area contributed by atoms with Crippen LogP contribution in [-0.4, -0.2) is 40.8 Å². The molecule has 1 aromatic carbocycles. The lowest BCUT2D eigenvalue weighted by molar-refractivity contribution is -0.134. The number of hydrogen-bond donors (Lipinski definition) is 1. The van der Waals surface area contributed by atoms with Gasteiger partial charge in [-0.05, 0) is 51.5 Å². The number of likely N-dealkylation sites (N-methyl/N-ethyl adjacent to an activating group) is 1. The van der Waals surface area contributed by atoms with Gasteiger partial charge in [-0.15, -0.1) is 11.3 Å². The fraction of sp³-hybridized carbons (Fsp3) is 0.381. The molecule has 2 rings (SSSR count). The molecule has 0 aliphatic carbocycles. The Balaban J connectivity index is 1.90. The maximum Gasteiger partial charge on any atom is 0.244 e. The van der Waals surface area contributed by atoms with Gasteiger partial charge < -0.3 is 15.0 Å². The van der Waals surface area contributed by atoms with Crippen LogP contribution in [0.5, 0.6) is 5.75 Å². The molecule has 2 aromatic rings. The van der Waals surface area contributed by atoms with Gasteiger partial charge in [0.15, 0.2) is 0 Å². The van der Waals surface area contributed by atoms with E-state index in [2.05, 4.69) is 10.3 Å². The minimum atomic E-state index is -0.562. The van der Waals surface area contributed by atoms with E-state index in [0.717, 1.165) is 16.3 Å². The summed E-state index contributed by atoms with van der Waals surface area (Å²) < 4.78 is 5.76. The van der Waals surface area contributed by atoms with Gasteiger partial charge in [0.2, 0.25) is 11.8 Å². The maximum absolute atomic E-state index is 12.2. The number of thiazole rings is 1. The van der Waals surface area contributed by atoms with E-state index in [4.69, 9.17) is 4.74 Å². The van der Waals surface area contributed by atoms with Gasteiger partial charge in [-0.25, -0.2) is 4.98 Å². The van der Waals surface area contributed by atoms with Crippen molar-refractivity contribution >= 4 is 29.2 Å². The van der Waals surface area contributed by atoms with Crippen molar-refractivity contribution in [1.29, 1.82) is 0 Å². The molecule has 1 aromatic heterocycles. The predicted molar refractivity (Wildman–Crippen MR) is 112 cm³/mol. The lowest BCUT2D eigenvalue weighted by Crippen LogP contribution is -2.46. The van der Waals surface area contributed by atoms with Crippen molar-refractivity contribution in [2.45, 2.75) is 40.3 Å². The van der Waals surface area contributed by atoms with E-state index in [0.29, 0.717) is 25.4 Å². The zero-order valence-electron chi connectivity index (χ0n) is 16.8. The van der Waals surface area contributed by atoms with Crippen molar-refractivity contribution in [3.05, 3.63) is 52.0 Å². The van der Waals surface area contributed by atoms with Gasteiger partial charge in [-0.3, -0.25) is 9.59 Å². The molecule has 1 atom stereocenters. The number of hydrogen-bond acceptors (Lipinski definition) is 5. The quantitative estimate of drug-likeness (QED) is 0.654. The van der Waals surface area contributed by atoms with Crippen molar-refractivity contribution in [3.63, 3.8) is 0 Å². The molecule has 1 N–H and O–H groups in total. The summed E-state index contributed by atoms with van der Waals surface area (Å²) in [5.74, 6) is 0.315. The van der Waals surface area contributed by atoms with E-state index in [9.17, 15) is 9.59 Å². The van der Waals surface area contributed by atoms with Crippen LogP contribution in [0.15, 0.2) is 35.7 Å². The van der Waals surface area contributed by atoms with Crippen LogP contribution in [0.4, 0.5) is 0 Å². The van der Waals surface area contributed by atoms with Gasteiger partial charge in [0.05, 0.1) is 10.7 Å². The van der Waals surface area contributed by atoms with Crippen molar-refractivity contribution in [2.24, 2.45) is 0 Å². The van der Waals surface area contributed by atoms with Crippen LogP contribution in [0.2, 0.25) is 0 Å². The SMILES string of the molecule is CCN(CC)C(=O)[C@H](C)NC(=O)/C=C/c1cccc(OCc2csc(C)n2)c1. The molecule has 6 nitrogen and oxygen atoms in total. The number of ether oxygens (including phenoxy) is 1. The van der Waals surface area contributed by atoms with Crippen molar-refractivity contribution in [3.8, 4) is 5.75 Å². The number of nitrogens with one attached hydrogen (secondary N) is 1. The molecule has 2 amide bonds. The predicted octanol–water partition coefficient (Wildman–Crippen LogP) is 3.42. The van der Waals surface area contributed by atoms with E-state index < -0.39 is 6.04 Å². The van der Waals surface area contributed by atoms with Gasteiger partial charge >= 0.3 is 0 Å². The summed E-state index contributed by atoms with van der Waals surface area (Å²) in [5.41, 5.74) is 1.74. The first-order valence-electron chi connectivity index (χ1n) is 9.34. The summed E-state index contributed by atoms with van der Waals surface area (Å²) in [5, 5.41) is 5.69. The van der Waals surface area contributed by atoms with E-state index in [1.165, 1.54) is 6.08 Å². The summed E-state index contributed by atoms with van der Waals surface area (Å²) in [4.78, 5) is 30.4. The van der Waals surface area contributed by atoms with Crippen LogP contribution in [0.3, 0.4) is 0 Å². The molecular weight excluding hydrogens is 374 g/mol. The number of nitrogens with zero attached hydrogens (tertiary/aromatic N) is 2. The fourth-order valence-electron chi connectivity index (χ4n) is 2.64. The molecule has 0 spiro atoms. The second-order valence-corrected chi connectivity index (χ2v) is 7.36. The summed E-state index contributed by atoms with van der Waals surface area (Å²) in [6, 6.07) is 6.91. The Bertz CT molecular complexity index is 828. The Labute approximate surface area is 170 Å². The van der Waals surface area contributed by atoms with Gasteiger partial charge in [-0.2, -0.15) is 0 Å². The first kappa shape index (κ1) is 21.6. The first-order chi connectivity index (χ1) is 13.4. The molecule has 0 bridgehead atoms. The Morgan fingerprint density at radius 2 is 2.07 bits per heavy atom. The largest absolute Gasteiger partial charge is 0.487 e. The molecule has 0 radical (unpaired) electrons. The number of rotatable bonds is 9. The third kappa shape index (κ3) is 6.49. The number of benzene rings is 1. The van der Waals surface area contributed by atoms with Crippen molar-refractivity contribution in [1.82, 2.24) is 15.2 Å². The third-order valence-electron chi connectivity index (χ3n) is 4.14. The van der Waals surface area contributed by atoms with Crippen LogP contribution in [-0.2, 0) is 16.2 Å². The minimum absolute atomic E-state index is 0.0839. The Kier molecular flexibility index (Phi) is 8.19.